The molecular formula is C30H29N5O3. The minimum Gasteiger partial charge on any atom is -0.497 e. The molecule has 0 saturated carbocycles. The number of ether oxygens (including phenoxy) is 1. The first-order valence-electron chi connectivity index (χ1n) is 13.0. The molecule has 0 N–H and O–H groups in total. The van der Waals surface area contributed by atoms with E-state index in [2.05, 4.69) is 52.3 Å². The van der Waals surface area contributed by atoms with Crippen molar-refractivity contribution in [2.45, 2.75) is 19.8 Å². The number of carbonyl (C=O) groups excluding carboxylic acids is 1. The lowest BCUT2D eigenvalue weighted by Crippen LogP contribution is -2.49. The summed E-state index contributed by atoms with van der Waals surface area (Å²) in [4.78, 5) is 26.9. The Morgan fingerprint density at radius 2 is 1.76 bits per heavy atom. The molecule has 2 aromatic heterocycles. The highest BCUT2D eigenvalue weighted by Gasteiger charge is 2.27. The zero-order valence-electron chi connectivity index (χ0n) is 21.6. The molecule has 192 valence electrons. The van der Waals surface area contributed by atoms with Gasteiger partial charge in [-0.2, -0.15) is 4.98 Å². The second kappa shape index (κ2) is 10.1. The van der Waals surface area contributed by atoms with Crippen LogP contribution in [0.3, 0.4) is 0 Å². The predicted molar refractivity (Wildman–Crippen MR) is 148 cm³/mol. The van der Waals surface area contributed by atoms with E-state index in [0.717, 1.165) is 46.5 Å². The van der Waals surface area contributed by atoms with Gasteiger partial charge in [0.1, 0.15) is 28.5 Å². The third-order valence-electron chi connectivity index (χ3n) is 7.04. The average Bonchev–Trinajstić information content (AvgIpc) is 3.40. The second-order valence-corrected chi connectivity index (χ2v) is 9.50. The molecule has 8 heteroatoms. The predicted octanol–water partition coefficient (Wildman–Crippen LogP) is 5.36. The van der Waals surface area contributed by atoms with Crippen LogP contribution >= 0.6 is 0 Å². The Hall–Kier alpha value is -4.46. The van der Waals surface area contributed by atoms with Gasteiger partial charge in [0, 0.05) is 43.7 Å². The fourth-order valence-corrected chi connectivity index (χ4v) is 5.04. The standard InChI is InChI=1S/C30H29N5O3/c1-3-7-25-31-28(34-14-16-35(17-15-34)30(36)23-10-6-11-24(19-23)37-2)26-27(33-38-29(26)32-25)22-13-12-20-8-4-5-9-21(20)18-22/h4-6,8-13,18-19H,3,7,14-17H2,1-2H3. The quantitative estimate of drug-likeness (QED) is 0.306. The maximum atomic E-state index is 13.2. The topological polar surface area (TPSA) is 84.6 Å². The molecule has 0 unspecified atom stereocenters. The number of hydrogen-bond acceptors (Lipinski definition) is 7. The van der Waals surface area contributed by atoms with Crippen LogP contribution in [0.2, 0.25) is 0 Å². The molecule has 0 bridgehead atoms. The lowest BCUT2D eigenvalue weighted by Gasteiger charge is -2.35. The summed E-state index contributed by atoms with van der Waals surface area (Å²) in [5.41, 5.74) is 2.82. The fraction of sp³-hybridized carbons (Fsp3) is 0.267. The van der Waals surface area contributed by atoms with Crippen molar-refractivity contribution in [2.24, 2.45) is 0 Å². The van der Waals surface area contributed by atoms with Gasteiger partial charge in [0.15, 0.2) is 0 Å². The molecule has 3 aromatic carbocycles. The Balaban J connectivity index is 1.33. The second-order valence-electron chi connectivity index (χ2n) is 9.50. The summed E-state index contributed by atoms with van der Waals surface area (Å²) in [7, 11) is 1.61. The van der Waals surface area contributed by atoms with Crippen LogP contribution in [0.15, 0.2) is 71.3 Å². The summed E-state index contributed by atoms with van der Waals surface area (Å²) in [6, 6.07) is 21.8. The number of methoxy groups -OCH3 is 1. The number of aryl methyl sites for hydroxylation is 1. The maximum absolute atomic E-state index is 13.2. The smallest absolute Gasteiger partial charge is 0.263 e. The van der Waals surface area contributed by atoms with Gasteiger partial charge in [-0.1, -0.05) is 54.5 Å². The van der Waals surface area contributed by atoms with Crippen molar-refractivity contribution in [3.63, 3.8) is 0 Å². The lowest BCUT2D eigenvalue weighted by molar-refractivity contribution is 0.0746. The molecule has 0 spiro atoms. The highest BCUT2D eigenvalue weighted by atomic mass is 16.5. The molecule has 0 atom stereocenters. The molecule has 8 nitrogen and oxygen atoms in total. The SMILES string of the molecule is CCCc1nc(N2CCN(C(=O)c3cccc(OC)c3)CC2)c2c(-c3ccc4ccccc4c3)noc2n1. The number of rotatable bonds is 6. The van der Waals surface area contributed by atoms with Crippen molar-refractivity contribution >= 4 is 33.6 Å². The molecule has 1 amide bonds. The van der Waals surface area contributed by atoms with Crippen molar-refractivity contribution in [1.29, 1.82) is 0 Å². The van der Waals surface area contributed by atoms with Crippen molar-refractivity contribution in [2.75, 3.05) is 38.2 Å². The Labute approximate surface area is 220 Å². The first-order chi connectivity index (χ1) is 18.6. The van der Waals surface area contributed by atoms with Crippen LogP contribution in [-0.4, -0.2) is 59.2 Å². The molecule has 1 aliphatic heterocycles. The van der Waals surface area contributed by atoms with Crippen molar-refractivity contribution < 1.29 is 14.1 Å². The Morgan fingerprint density at radius 1 is 0.947 bits per heavy atom. The number of piperazine rings is 1. The van der Waals surface area contributed by atoms with Gasteiger partial charge in [0.2, 0.25) is 0 Å². The highest BCUT2D eigenvalue weighted by Crippen LogP contribution is 2.35. The summed E-state index contributed by atoms with van der Waals surface area (Å²) >= 11 is 0. The normalized spacial score (nSPS) is 13.8. The average molecular weight is 508 g/mol. The van der Waals surface area contributed by atoms with E-state index in [9.17, 15) is 4.79 Å². The number of fused-ring (bicyclic) bond motifs is 2. The number of benzene rings is 3. The third kappa shape index (κ3) is 4.42. The molecule has 5 aromatic rings. The number of nitrogens with zero attached hydrogens (tertiary/aromatic N) is 5. The summed E-state index contributed by atoms with van der Waals surface area (Å²) in [5, 5.41) is 7.56. The lowest BCUT2D eigenvalue weighted by atomic mass is 10.0. The summed E-state index contributed by atoms with van der Waals surface area (Å²) in [5.74, 6) is 2.24. The van der Waals surface area contributed by atoms with Gasteiger partial charge in [-0.3, -0.25) is 4.79 Å². The van der Waals surface area contributed by atoms with E-state index in [4.69, 9.17) is 14.2 Å². The Kier molecular flexibility index (Phi) is 6.37. The Bertz CT molecular complexity index is 1620. The van der Waals surface area contributed by atoms with Crippen LogP contribution in [-0.2, 0) is 6.42 Å². The number of hydrogen-bond donors (Lipinski definition) is 0. The van der Waals surface area contributed by atoms with Gasteiger partial charge in [-0.15, -0.1) is 0 Å². The Morgan fingerprint density at radius 3 is 2.55 bits per heavy atom. The van der Waals surface area contributed by atoms with Gasteiger partial charge >= 0.3 is 0 Å². The fourth-order valence-electron chi connectivity index (χ4n) is 5.04. The minimum absolute atomic E-state index is 0.00452. The van der Waals surface area contributed by atoms with Crippen molar-refractivity contribution in [3.8, 4) is 17.0 Å². The monoisotopic (exact) mass is 507 g/mol. The van der Waals surface area contributed by atoms with Gasteiger partial charge in [-0.25, -0.2) is 4.98 Å². The zero-order valence-corrected chi connectivity index (χ0v) is 21.6. The highest BCUT2D eigenvalue weighted by molar-refractivity contribution is 6.00. The van der Waals surface area contributed by atoms with Crippen LogP contribution in [0.1, 0.15) is 29.5 Å². The van der Waals surface area contributed by atoms with E-state index < -0.39 is 0 Å². The van der Waals surface area contributed by atoms with Crippen LogP contribution < -0.4 is 9.64 Å². The van der Waals surface area contributed by atoms with Gasteiger partial charge in [-0.05, 0) is 41.5 Å². The van der Waals surface area contributed by atoms with Crippen LogP contribution in [0.5, 0.6) is 5.75 Å². The van der Waals surface area contributed by atoms with Crippen LogP contribution in [0.4, 0.5) is 5.82 Å². The molecule has 3 heterocycles. The van der Waals surface area contributed by atoms with Gasteiger partial charge < -0.3 is 19.1 Å². The number of anilines is 1. The van der Waals surface area contributed by atoms with Crippen LogP contribution in [0.25, 0.3) is 33.1 Å². The largest absolute Gasteiger partial charge is 0.497 e. The summed E-state index contributed by atoms with van der Waals surface area (Å²) < 4.78 is 11.1. The molecule has 0 aliphatic carbocycles. The summed E-state index contributed by atoms with van der Waals surface area (Å²) in [6.07, 6.45) is 1.68. The van der Waals surface area contributed by atoms with Crippen LogP contribution in [0, 0.1) is 0 Å². The van der Waals surface area contributed by atoms with E-state index >= 15 is 0 Å². The molecule has 1 saturated heterocycles. The molecule has 1 fully saturated rings. The first-order valence-corrected chi connectivity index (χ1v) is 13.0. The third-order valence-corrected chi connectivity index (χ3v) is 7.04. The van der Waals surface area contributed by atoms with Gasteiger partial charge in [0.05, 0.1) is 7.11 Å². The van der Waals surface area contributed by atoms with Crippen molar-refractivity contribution in [3.05, 3.63) is 78.1 Å². The van der Waals surface area contributed by atoms with E-state index in [1.54, 1.807) is 13.2 Å². The van der Waals surface area contributed by atoms with Crippen molar-refractivity contribution in [1.82, 2.24) is 20.0 Å². The molecule has 1 aliphatic rings. The van der Waals surface area contributed by atoms with Gasteiger partial charge in [0.25, 0.3) is 11.6 Å². The number of amides is 1. The van der Waals surface area contributed by atoms with E-state index in [-0.39, 0.29) is 5.91 Å². The molecule has 6 rings (SSSR count). The maximum Gasteiger partial charge on any atom is 0.263 e. The minimum atomic E-state index is 0.00452. The molecule has 38 heavy (non-hydrogen) atoms. The zero-order chi connectivity index (χ0) is 26.1. The van der Waals surface area contributed by atoms with E-state index in [1.807, 2.05) is 35.2 Å². The number of carbonyl (C=O) groups is 1. The molecule has 0 radical (unpaired) electrons. The molecular weight excluding hydrogens is 478 g/mol. The van der Waals surface area contributed by atoms with E-state index in [0.29, 0.717) is 43.2 Å². The summed E-state index contributed by atoms with van der Waals surface area (Å²) in [6.45, 7) is 4.57. The first kappa shape index (κ1) is 23.9. The van der Waals surface area contributed by atoms with E-state index in [1.165, 1.54) is 5.39 Å². The number of aromatic nitrogens is 3.